The Kier molecular flexibility index (Phi) is 6.43. The lowest BCUT2D eigenvalue weighted by Crippen LogP contribution is -2.20. The van der Waals surface area contributed by atoms with Crippen LogP contribution in [0.15, 0.2) is 83.9 Å². The summed E-state index contributed by atoms with van der Waals surface area (Å²) in [7, 11) is 0. The summed E-state index contributed by atoms with van der Waals surface area (Å²) in [5, 5.41) is 14.8. The topological polar surface area (TPSA) is 93.4 Å². The Morgan fingerprint density at radius 1 is 1.17 bits per heavy atom. The first-order valence-corrected chi connectivity index (χ1v) is 12.2. The van der Waals surface area contributed by atoms with Gasteiger partial charge in [-0.15, -0.1) is 0 Å². The van der Waals surface area contributed by atoms with Crippen LogP contribution in [0.2, 0.25) is 5.02 Å². The monoisotopic (exact) mass is 610 g/mol. The number of fused-ring (bicyclic) bond motifs is 2. The van der Waals surface area contributed by atoms with Gasteiger partial charge in [-0.25, -0.2) is 4.98 Å². The number of rotatable bonds is 5. The number of ether oxygens (including phenoxy) is 1. The predicted octanol–water partition coefficient (Wildman–Crippen LogP) is 6.77. The highest BCUT2D eigenvalue weighted by Gasteiger charge is 2.17. The molecule has 0 aliphatic carbocycles. The van der Waals surface area contributed by atoms with Gasteiger partial charge in [0.1, 0.15) is 11.7 Å². The summed E-state index contributed by atoms with van der Waals surface area (Å²) in [6, 6.07) is 19.8. The van der Waals surface area contributed by atoms with Crippen LogP contribution in [0, 0.1) is 11.3 Å². The van der Waals surface area contributed by atoms with Gasteiger partial charge in [-0.2, -0.15) is 15.0 Å². The Balaban J connectivity index is 1.65. The SMILES string of the molecule is N#CCOc1c(Cl)cc(C=Nn2c(-c3cc4cc(Br)ccc4o3)nc3ccccc3c2=O)cc1Br. The molecule has 7 nitrogen and oxygen atoms in total. The van der Waals surface area contributed by atoms with Gasteiger partial charge in [-0.05, 0) is 70.0 Å². The summed E-state index contributed by atoms with van der Waals surface area (Å²) < 4.78 is 14.0. The third-order valence-electron chi connectivity index (χ3n) is 5.08. The smallest absolute Gasteiger partial charge is 0.282 e. The van der Waals surface area contributed by atoms with Crippen LogP contribution in [0.4, 0.5) is 0 Å². The van der Waals surface area contributed by atoms with Crippen LogP contribution in [-0.4, -0.2) is 22.5 Å². The molecule has 0 fully saturated rings. The molecule has 0 N–H and O–H groups in total. The van der Waals surface area contributed by atoms with E-state index in [2.05, 4.69) is 41.9 Å². The summed E-state index contributed by atoms with van der Waals surface area (Å²) in [6.45, 7) is -0.138. The first-order chi connectivity index (χ1) is 16.9. The second-order valence-corrected chi connectivity index (χ2v) is 9.54. The average molecular weight is 613 g/mol. The van der Waals surface area contributed by atoms with Crippen LogP contribution in [0.3, 0.4) is 0 Å². The van der Waals surface area contributed by atoms with Gasteiger partial charge < -0.3 is 9.15 Å². The summed E-state index contributed by atoms with van der Waals surface area (Å²) in [6.07, 6.45) is 1.49. The van der Waals surface area contributed by atoms with Gasteiger partial charge in [-0.1, -0.05) is 39.7 Å². The normalized spacial score (nSPS) is 11.4. The molecule has 0 spiro atoms. The van der Waals surface area contributed by atoms with Gasteiger partial charge in [-0.3, -0.25) is 4.79 Å². The molecule has 0 unspecified atom stereocenters. The molecule has 2 aromatic heterocycles. The molecule has 5 rings (SSSR count). The van der Waals surface area contributed by atoms with Crippen LogP contribution in [-0.2, 0) is 0 Å². The summed E-state index contributed by atoms with van der Waals surface area (Å²) in [4.78, 5) is 18.1. The fraction of sp³-hybridized carbons (Fsp3) is 0.0400. The Labute approximate surface area is 220 Å². The lowest BCUT2D eigenvalue weighted by atomic mass is 10.2. The van der Waals surface area contributed by atoms with Crippen molar-refractivity contribution >= 4 is 71.5 Å². The number of halogens is 3. The molecule has 2 heterocycles. The third-order valence-corrected chi connectivity index (χ3v) is 6.44. The Bertz CT molecular complexity index is 1710. The minimum Gasteiger partial charge on any atom is -0.476 e. The van der Waals surface area contributed by atoms with Crippen LogP contribution in [0.5, 0.6) is 5.75 Å². The summed E-state index contributed by atoms with van der Waals surface area (Å²) in [5.74, 6) is 1.01. The summed E-state index contributed by atoms with van der Waals surface area (Å²) in [5.41, 5.74) is 1.45. The van der Waals surface area contributed by atoms with Crippen molar-refractivity contribution in [2.45, 2.75) is 0 Å². The van der Waals surface area contributed by atoms with E-state index < -0.39 is 0 Å². The molecule has 0 saturated heterocycles. The van der Waals surface area contributed by atoms with Crippen molar-refractivity contribution in [1.29, 1.82) is 5.26 Å². The van der Waals surface area contributed by atoms with Gasteiger partial charge in [0.2, 0.25) is 5.82 Å². The highest BCUT2D eigenvalue weighted by molar-refractivity contribution is 9.10. The molecule has 3 aromatic carbocycles. The van der Waals surface area contributed by atoms with Crippen molar-refractivity contribution in [2.75, 3.05) is 6.61 Å². The average Bonchev–Trinajstić information content (AvgIpc) is 3.26. The number of benzene rings is 3. The molecular formula is C25H13Br2ClN4O3. The number of para-hydroxylation sites is 1. The molecule has 0 amide bonds. The van der Waals surface area contributed by atoms with Crippen molar-refractivity contribution in [2.24, 2.45) is 5.10 Å². The van der Waals surface area contributed by atoms with E-state index in [1.54, 1.807) is 30.3 Å². The molecule has 0 radical (unpaired) electrons. The lowest BCUT2D eigenvalue weighted by molar-refractivity contribution is 0.366. The van der Waals surface area contributed by atoms with E-state index in [1.165, 1.54) is 10.9 Å². The number of hydrogen-bond acceptors (Lipinski definition) is 6. The quantitative estimate of drug-likeness (QED) is 0.204. The van der Waals surface area contributed by atoms with Gasteiger partial charge in [0.15, 0.2) is 18.1 Å². The largest absolute Gasteiger partial charge is 0.476 e. The third kappa shape index (κ3) is 4.60. The molecule has 172 valence electrons. The fourth-order valence-electron chi connectivity index (χ4n) is 3.54. The highest BCUT2D eigenvalue weighted by Crippen LogP contribution is 2.34. The Hall–Kier alpha value is -3.45. The van der Waals surface area contributed by atoms with Crippen molar-refractivity contribution in [3.05, 3.63) is 90.5 Å². The van der Waals surface area contributed by atoms with E-state index in [4.69, 9.17) is 26.0 Å². The number of furan rings is 1. The lowest BCUT2D eigenvalue weighted by Gasteiger charge is -2.09. The maximum atomic E-state index is 13.4. The van der Waals surface area contributed by atoms with Crippen molar-refractivity contribution in [3.63, 3.8) is 0 Å². The van der Waals surface area contributed by atoms with Gasteiger partial charge in [0.25, 0.3) is 5.56 Å². The standard InChI is InChI=1S/C25H13Br2ClN4O3/c26-16-5-6-21-15(11-16)12-22(35-21)24-31-20-4-2-1-3-17(20)25(33)32(24)30-13-14-9-18(27)23(19(28)10-14)34-8-7-29/h1-6,9-13H,8H2. The first-order valence-electron chi connectivity index (χ1n) is 10.2. The zero-order chi connectivity index (χ0) is 24.5. The highest BCUT2D eigenvalue weighted by atomic mass is 79.9. The van der Waals surface area contributed by atoms with Crippen molar-refractivity contribution in [3.8, 4) is 23.4 Å². The molecule has 0 aliphatic heterocycles. The minimum atomic E-state index is -0.345. The van der Waals surface area contributed by atoms with Gasteiger partial charge >= 0.3 is 0 Å². The van der Waals surface area contributed by atoms with E-state index in [1.807, 2.05) is 36.4 Å². The maximum absolute atomic E-state index is 13.4. The van der Waals surface area contributed by atoms with E-state index in [-0.39, 0.29) is 18.0 Å². The molecule has 0 bridgehead atoms. The van der Waals surface area contributed by atoms with E-state index >= 15 is 0 Å². The predicted molar refractivity (Wildman–Crippen MR) is 142 cm³/mol. The molecule has 0 atom stereocenters. The zero-order valence-corrected chi connectivity index (χ0v) is 21.6. The molecule has 0 aliphatic rings. The van der Waals surface area contributed by atoms with Crippen molar-refractivity contribution < 1.29 is 9.15 Å². The molecule has 0 saturated carbocycles. The Morgan fingerprint density at radius 3 is 2.80 bits per heavy atom. The maximum Gasteiger partial charge on any atom is 0.282 e. The van der Waals surface area contributed by atoms with Gasteiger partial charge in [0, 0.05) is 9.86 Å². The van der Waals surface area contributed by atoms with Gasteiger partial charge in [0.05, 0.1) is 26.6 Å². The number of nitrogens with zero attached hydrogens (tertiary/aromatic N) is 4. The molecular weight excluding hydrogens is 600 g/mol. The molecule has 10 heteroatoms. The first kappa shape index (κ1) is 23.3. The number of nitriles is 1. The molecule has 35 heavy (non-hydrogen) atoms. The molecule has 5 aromatic rings. The Morgan fingerprint density at radius 2 is 2.00 bits per heavy atom. The van der Waals surface area contributed by atoms with Crippen LogP contribution >= 0.6 is 43.5 Å². The van der Waals surface area contributed by atoms with E-state index in [9.17, 15) is 4.79 Å². The summed E-state index contributed by atoms with van der Waals surface area (Å²) >= 11 is 13.2. The zero-order valence-electron chi connectivity index (χ0n) is 17.7. The second-order valence-electron chi connectivity index (χ2n) is 7.37. The number of hydrogen-bond donors (Lipinski definition) is 0. The van der Waals surface area contributed by atoms with Crippen LogP contribution < -0.4 is 10.3 Å². The fourth-order valence-corrected chi connectivity index (χ4v) is 4.90. The van der Waals surface area contributed by atoms with E-state index in [0.29, 0.717) is 43.1 Å². The van der Waals surface area contributed by atoms with Crippen LogP contribution in [0.1, 0.15) is 5.56 Å². The van der Waals surface area contributed by atoms with E-state index in [0.717, 1.165) is 9.86 Å². The van der Waals surface area contributed by atoms with Crippen molar-refractivity contribution in [1.82, 2.24) is 9.66 Å². The second kappa shape index (κ2) is 9.66. The minimum absolute atomic E-state index is 0.138. The number of aromatic nitrogens is 2. The van der Waals surface area contributed by atoms with Crippen LogP contribution in [0.25, 0.3) is 33.5 Å².